The molecule has 1 aromatic heterocycles. The minimum atomic E-state index is -0.499. The molecule has 2 atom stereocenters. The smallest absolute Gasteiger partial charge is 0.242 e. The van der Waals surface area contributed by atoms with E-state index in [9.17, 15) is 9.59 Å². The van der Waals surface area contributed by atoms with Crippen molar-refractivity contribution in [3.63, 3.8) is 0 Å². The topological polar surface area (TPSA) is 83.6 Å². The summed E-state index contributed by atoms with van der Waals surface area (Å²) in [6.07, 6.45) is 6.86. The van der Waals surface area contributed by atoms with Crippen LogP contribution in [0.1, 0.15) is 64.3 Å². The quantitative estimate of drug-likeness (QED) is 0.737. The fraction of sp³-hybridized carbons (Fsp3) is 0.783. The molecule has 0 unspecified atom stereocenters. The number of piperidine rings is 1. The molecule has 2 saturated heterocycles. The number of ether oxygens (including phenoxy) is 1. The van der Waals surface area contributed by atoms with E-state index in [1.807, 2.05) is 18.5 Å². The molecule has 2 amide bonds. The molecule has 3 heterocycles. The number of carbonyl (C=O) groups is 2. The predicted molar refractivity (Wildman–Crippen MR) is 123 cm³/mol. The van der Waals surface area contributed by atoms with Gasteiger partial charge in [0.25, 0.3) is 0 Å². The molecule has 31 heavy (non-hydrogen) atoms. The maximum atomic E-state index is 13.6. The standard InChI is InChI=1S/C23H38N4O3S/c1-17(2)14-19-21(28)25-18(3)16-30-12-5-4-6-23(22(29)26-19)7-10-27(11-8-23)15-20-24-9-13-31-20/h9,13,17-19H,4-8,10-12,14-16H2,1-3H3,(H,25,28)(H,26,29)/t18-,19+/m1/s1. The Balaban J connectivity index is 1.71. The SMILES string of the molecule is CC(C)C[C@@H]1NC(=O)C2(CCCCOC[C@@H](C)NC1=O)CCN(Cc1nccs1)CC2. The highest BCUT2D eigenvalue weighted by Gasteiger charge is 2.42. The third kappa shape index (κ3) is 6.99. The molecular weight excluding hydrogens is 412 g/mol. The van der Waals surface area contributed by atoms with E-state index in [2.05, 4.69) is 34.4 Å². The van der Waals surface area contributed by atoms with E-state index < -0.39 is 11.5 Å². The highest BCUT2D eigenvalue weighted by atomic mass is 32.1. The molecule has 0 aliphatic carbocycles. The molecule has 2 N–H and O–H groups in total. The molecule has 0 radical (unpaired) electrons. The molecule has 2 aliphatic heterocycles. The Kier molecular flexibility index (Phi) is 8.86. The molecule has 0 bridgehead atoms. The van der Waals surface area contributed by atoms with Crippen LogP contribution >= 0.6 is 11.3 Å². The molecule has 2 fully saturated rings. The average molecular weight is 451 g/mol. The van der Waals surface area contributed by atoms with E-state index in [1.54, 1.807) is 11.3 Å². The molecule has 0 saturated carbocycles. The van der Waals surface area contributed by atoms with Gasteiger partial charge >= 0.3 is 0 Å². The van der Waals surface area contributed by atoms with Gasteiger partial charge < -0.3 is 15.4 Å². The first-order valence-electron chi connectivity index (χ1n) is 11.7. The van der Waals surface area contributed by atoms with Gasteiger partial charge in [-0.3, -0.25) is 14.5 Å². The number of nitrogens with zero attached hydrogens (tertiary/aromatic N) is 2. The molecule has 0 aromatic carbocycles. The maximum Gasteiger partial charge on any atom is 0.242 e. The molecule has 1 aromatic rings. The van der Waals surface area contributed by atoms with Crippen molar-refractivity contribution in [2.24, 2.45) is 11.3 Å². The third-order valence-electron chi connectivity index (χ3n) is 6.42. The lowest BCUT2D eigenvalue weighted by Gasteiger charge is -2.41. The lowest BCUT2D eigenvalue weighted by atomic mass is 9.73. The van der Waals surface area contributed by atoms with E-state index in [1.165, 1.54) is 0 Å². The molecule has 2 aliphatic rings. The van der Waals surface area contributed by atoms with Crippen LogP contribution in [0.15, 0.2) is 11.6 Å². The first-order valence-corrected chi connectivity index (χ1v) is 12.6. The summed E-state index contributed by atoms with van der Waals surface area (Å²) in [4.78, 5) is 33.3. The summed E-state index contributed by atoms with van der Waals surface area (Å²) in [5, 5.41) is 9.31. The second-order valence-electron chi connectivity index (χ2n) is 9.58. The van der Waals surface area contributed by atoms with Crippen LogP contribution in [0.5, 0.6) is 0 Å². The van der Waals surface area contributed by atoms with Crippen LogP contribution in [-0.4, -0.2) is 60.1 Å². The Morgan fingerprint density at radius 1 is 1.23 bits per heavy atom. The monoisotopic (exact) mass is 450 g/mol. The van der Waals surface area contributed by atoms with Gasteiger partial charge in [0.15, 0.2) is 0 Å². The number of amides is 2. The number of rotatable bonds is 4. The normalized spacial score (nSPS) is 26.6. The van der Waals surface area contributed by atoms with Gasteiger partial charge in [0, 0.05) is 24.2 Å². The molecule has 3 rings (SSSR count). The van der Waals surface area contributed by atoms with Crippen LogP contribution in [0.25, 0.3) is 0 Å². The van der Waals surface area contributed by atoms with E-state index in [0.29, 0.717) is 25.6 Å². The first-order chi connectivity index (χ1) is 14.9. The van der Waals surface area contributed by atoms with Gasteiger partial charge in [0.05, 0.1) is 18.6 Å². The van der Waals surface area contributed by atoms with Crippen molar-refractivity contribution in [2.45, 2.75) is 77.9 Å². The Labute approximate surface area is 190 Å². The number of carbonyl (C=O) groups excluding carboxylic acids is 2. The Bertz CT molecular complexity index is 702. The molecule has 174 valence electrons. The zero-order valence-electron chi connectivity index (χ0n) is 19.2. The van der Waals surface area contributed by atoms with Gasteiger partial charge in [0.1, 0.15) is 11.0 Å². The summed E-state index contributed by atoms with van der Waals surface area (Å²) in [6, 6.07) is -0.566. The third-order valence-corrected chi connectivity index (χ3v) is 7.18. The zero-order valence-corrected chi connectivity index (χ0v) is 20.0. The van der Waals surface area contributed by atoms with Crippen molar-refractivity contribution in [3.8, 4) is 0 Å². The zero-order chi connectivity index (χ0) is 22.3. The van der Waals surface area contributed by atoms with E-state index >= 15 is 0 Å². The molecule has 8 heteroatoms. The molecular formula is C23H38N4O3S. The number of thiazole rings is 1. The Morgan fingerprint density at radius 3 is 2.68 bits per heavy atom. The van der Waals surface area contributed by atoms with Gasteiger partial charge in [-0.25, -0.2) is 4.98 Å². The highest BCUT2D eigenvalue weighted by Crippen LogP contribution is 2.38. The van der Waals surface area contributed by atoms with Crippen LogP contribution in [0.2, 0.25) is 0 Å². The fourth-order valence-electron chi connectivity index (χ4n) is 4.58. The van der Waals surface area contributed by atoms with Crippen molar-refractivity contribution in [3.05, 3.63) is 16.6 Å². The van der Waals surface area contributed by atoms with Crippen molar-refractivity contribution >= 4 is 23.2 Å². The summed E-state index contributed by atoms with van der Waals surface area (Å²) in [5.41, 5.74) is -0.408. The highest BCUT2D eigenvalue weighted by molar-refractivity contribution is 7.09. The van der Waals surface area contributed by atoms with Crippen LogP contribution in [-0.2, 0) is 20.9 Å². The lowest BCUT2D eigenvalue weighted by molar-refractivity contribution is -0.138. The summed E-state index contributed by atoms with van der Waals surface area (Å²) >= 11 is 1.68. The summed E-state index contributed by atoms with van der Waals surface area (Å²) in [6.45, 7) is 9.89. The van der Waals surface area contributed by atoms with Gasteiger partial charge in [-0.2, -0.15) is 0 Å². The number of likely N-dealkylation sites (tertiary alicyclic amines) is 1. The van der Waals surface area contributed by atoms with Gasteiger partial charge in [0.2, 0.25) is 11.8 Å². The second-order valence-corrected chi connectivity index (χ2v) is 10.6. The van der Waals surface area contributed by atoms with Crippen LogP contribution in [0.4, 0.5) is 0 Å². The van der Waals surface area contributed by atoms with Crippen molar-refractivity contribution in [1.82, 2.24) is 20.5 Å². The summed E-state index contributed by atoms with van der Waals surface area (Å²) < 4.78 is 5.77. The van der Waals surface area contributed by atoms with Gasteiger partial charge in [-0.15, -0.1) is 11.3 Å². The lowest BCUT2D eigenvalue weighted by Crippen LogP contribution is -2.55. The van der Waals surface area contributed by atoms with Crippen LogP contribution in [0, 0.1) is 11.3 Å². The maximum absolute atomic E-state index is 13.6. The second kappa shape index (κ2) is 11.4. The molecule has 7 nitrogen and oxygen atoms in total. The van der Waals surface area contributed by atoms with E-state index in [-0.39, 0.29) is 17.9 Å². The Hall–Kier alpha value is -1.51. The number of aromatic nitrogens is 1. The summed E-state index contributed by atoms with van der Waals surface area (Å²) in [7, 11) is 0. The minimum absolute atomic E-state index is 0.0509. The average Bonchev–Trinajstić information content (AvgIpc) is 3.23. The van der Waals surface area contributed by atoms with E-state index in [4.69, 9.17) is 4.74 Å². The minimum Gasteiger partial charge on any atom is -0.379 e. The van der Waals surface area contributed by atoms with Gasteiger partial charge in [-0.05, 0) is 58.0 Å². The van der Waals surface area contributed by atoms with Crippen molar-refractivity contribution < 1.29 is 14.3 Å². The van der Waals surface area contributed by atoms with Crippen molar-refractivity contribution in [2.75, 3.05) is 26.3 Å². The number of hydrogen-bond acceptors (Lipinski definition) is 6. The van der Waals surface area contributed by atoms with Gasteiger partial charge in [-0.1, -0.05) is 20.3 Å². The summed E-state index contributed by atoms with van der Waals surface area (Å²) in [5.74, 6) is 0.262. The first kappa shape index (κ1) is 24.1. The Morgan fingerprint density at radius 2 is 2.00 bits per heavy atom. The fourth-order valence-corrected chi connectivity index (χ4v) is 5.24. The number of nitrogens with one attached hydrogen (secondary N) is 2. The van der Waals surface area contributed by atoms with Crippen molar-refractivity contribution in [1.29, 1.82) is 0 Å². The number of hydrogen-bond donors (Lipinski definition) is 2. The van der Waals surface area contributed by atoms with Crippen LogP contribution < -0.4 is 10.6 Å². The predicted octanol–water partition coefficient (Wildman–Crippen LogP) is 2.96. The largest absolute Gasteiger partial charge is 0.379 e. The molecule has 1 spiro atoms. The van der Waals surface area contributed by atoms with Crippen LogP contribution in [0.3, 0.4) is 0 Å². The van der Waals surface area contributed by atoms with E-state index in [0.717, 1.165) is 56.7 Å².